The maximum atomic E-state index is 10.5. The van der Waals surface area contributed by atoms with E-state index in [9.17, 15) is 10.2 Å². The molecule has 3 rings (SSSR count). The lowest BCUT2D eigenvalue weighted by molar-refractivity contribution is -0.0618. The molecule has 2 aliphatic rings. The molecule has 7 heteroatoms. The van der Waals surface area contributed by atoms with Crippen molar-refractivity contribution in [2.45, 2.75) is 38.1 Å². The van der Waals surface area contributed by atoms with E-state index in [0.29, 0.717) is 19.6 Å². The first-order chi connectivity index (χ1) is 10.6. The maximum Gasteiger partial charge on any atom is 0.0966 e. The third-order valence-electron chi connectivity index (χ3n) is 4.54. The van der Waals surface area contributed by atoms with Crippen molar-refractivity contribution in [2.24, 2.45) is 0 Å². The molecular weight excluding hydrogens is 302 g/mol. The fourth-order valence-corrected chi connectivity index (χ4v) is 3.90. The number of hydrogen-bond acceptors (Lipinski definition) is 7. The minimum atomic E-state index is -0.694. The van der Waals surface area contributed by atoms with Gasteiger partial charge < -0.3 is 14.9 Å². The van der Waals surface area contributed by atoms with Gasteiger partial charge in [-0.15, -0.1) is 11.3 Å². The Kier molecular flexibility index (Phi) is 5.43. The number of thiazole rings is 1. The molecule has 0 aromatic carbocycles. The normalized spacial score (nSPS) is 32.0. The quantitative estimate of drug-likeness (QED) is 0.819. The van der Waals surface area contributed by atoms with Gasteiger partial charge in [-0.2, -0.15) is 0 Å². The van der Waals surface area contributed by atoms with Crippen molar-refractivity contribution in [1.29, 1.82) is 0 Å². The average Bonchev–Trinajstić information content (AvgIpc) is 2.88. The summed E-state index contributed by atoms with van der Waals surface area (Å²) in [5.74, 6) is 0. The molecule has 0 radical (unpaired) electrons. The zero-order valence-corrected chi connectivity index (χ0v) is 13.8. The van der Waals surface area contributed by atoms with Crippen molar-refractivity contribution in [2.75, 3.05) is 39.4 Å². The Hall–Kier alpha value is -0.570. The highest BCUT2D eigenvalue weighted by Crippen LogP contribution is 2.20. The molecule has 3 atom stereocenters. The third-order valence-corrected chi connectivity index (χ3v) is 5.36. The van der Waals surface area contributed by atoms with Crippen LogP contribution in [0.4, 0.5) is 0 Å². The average molecular weight is 327 g/mol. The lowest BCUT2D eigenvalue weighted by Crippen LogP contribution is -2.55. The summed E-state index contributed by atoms with van der Waals surface area (Å²) in [7, 11) is 0. The van der Waals surface area contributed by atoms with Crippen LogP contribution in [0.1, 0.15) is 17.1 Å². The second-order valence-electron chi connectivity index (χ2n) is 6.16. The summed E-state index contributed by atoms with van der Waals surface area (Å²) < 4.78 is 5.40. The Morgan fingerprint density at radius 3 is 2.77 bits per heavy atom. The van der Waals surface area contributed by atoms with Crippen LogP contribution in [-0.4, -0.2) is 82.6 Å². The van der Waals surface area contributed by atoms with Crippen molar-refractivity contribution in [3.63, 3.8) is 0 Å². The molecule has 2 aliphatic heterocycles. The molecule has 124 valence electrons. The van der Waals surface area contributed by atoms with Gasteiger partial charge >= 0.3 is 0 Å². The van der Waals surface area contributed by atoms with Gasteiger partial charge in [0.25, 0.3) is 0 Å². The number of aryl methyl sites for hydroxylation is 1. The van der Waals surface area contributed by atoms with E-state index in [2.05, 4.69) is 20.2 Å². The first kappa shape index (κ1) is 16.3. The Morgan fingerprint density at radius 1 is 1.32 bits per heavy atom. The van der Waals surface area contributed by atoms with Crippen molar-refractivity contribution in [3.05, 3.63) is 16.1 Å². The highest BCUT2D eigenvalue weighted by molar-refractivity contribution is 7.09. The van der Waals surface area contributed by atoms with Gasteiger partial charge in [-0.1, -0.05) is 0 Å². The minimum Gasteiger partial charge on any atom is -0.390 e. The van der Waals surface area contributed by atoms with E-state index in [1.54, 1.807) is 11.3 Å². The highest BCUT2D eigenvalue weighted by Gasteiger charge is 2.36. The largest absolute Gasteiger partial charge is 0.390 e. The number of aliphatic hydroxyl groups is 2. The fraction of sp³-hybridized carbons (Fsp3) is 0.800. The topological polar surface area (TPSA) is 69.1 Å². The van der Waals surface area contributed by atoms with Crippen LogP contribution < -0.4 is 0 Å². The van der Waals surface area contributed by atoms with Gasteiger partial charge in [-0.05, 0) is 13.3 Å². The zero-order valence-electron chi connectivity index (χ0n) is 13.0. The molecule has 0 saturated carbocycles. The van der Waals surface area contributed by atoms with Crippen LogP contribution in [-0.2, 0) is 11.3 Å². The van der Waals surface area contributed by atoms with Gasteiger partial charge in [0.15, 0.2) is 0 Å². The SMILES string of the molecule is Cc1nc(CN2CC[C@@H](O)[C@@H](O)[C@H](N3CCOCC3)C2)cs1. The molecule has 2 N–H and O–H groups in total. The third kappa shape index (κ3) is 3.84. The first-order valence-electron chi connectivity index (χ1n) is 7.95. The summed E-state index contributed by atoms with van der Waals surface area (Å²) in [6.45, 7) is 7.38. The Bertz CT molecular complexity index is 478. The molecule has 2 fully saturated rings. The molecule has 0 aliphatic carbocycles. The van der Waals surface area contributed by atoms with Crippen molar-refractivity contribution in [1.82, 2.24) is 14.8 Å². The molecule has 0 spiro atoms. The lowest BCUT2D eigenvalue weighted by Gasteiger charge is -2.38. The lowest BCUT2D eigenvalue weighted by atomic mass is 10.0. The van der Waals surface area contributed by atoms with Gasteiger partial charge in [-0.3, -0.25) is 9.80 Å². The van der Waals surface area contributed by atoms with Crippen LogP contribution in [0, 0.1) is 6.92 Å². The number of hydrogen-bond donors (Lipinski definition) is 2. The zero-order chi connectivity index (χ0) is 15.5. The van der Waals surface area contributed by atoms with Gasteiger partial charge in [0, 0.05) is 38.1 Å². The fourth-order valence-electron chi connectivity index (χ4n) is 3.30. The monoisotopic (exact) mass is 327 g/mol. The summed E-state index contributed by atoms with van der Waals surface area (Å²) in [5, 5.41) is 23.9. The highest BCUT2D eigenvalue weighted by atomic mass is 32.1. The number of aromatic nitrogens is 1. The molecule has 1 aromatic rings. The maximum absolute atomic E-state index is 10.5. The van der Waals surface area contributed by atoms with Crippen LogP contribution in [0.3, 0.4) is 0 Å². The first-order valence-corrected chi connectivity index (χ1v) is 8.83. The summed E-state index contributed by atoms with van der Waals surface area (Å²) >= 11 is 1.66. The smallest absolute Gasteiger partial charge is 0.0966 e. The van der Waals surface area contributed by atoms with Crippen LogP contribution in [0.2, 0.25) is 0 Å². The van der Waals surface area contributed by atoms with Gasteiger partial charge in [0.2, 0.25) is 0 Å². The molecule has 22 heavy (non-hydrogen) atoms. The molecule has 3 heterocycles. The van der Waals surface area contributed by atoms with E-state index in [1.165, 1.54) is 0 Å². The minimum absolute atomic E-state index is 0.0406. The van der Waals surface area contributed by atoms with E-state index in [0.717, 1.165) is 43.4 Å². The number of ether oxygens (including phenoxy) is 1. The number of morpholine rings is 1. The second kappa shape index (κ2) is 7.33. The van der Waals surface area contributed by atoms with Crippen LogP contribution in [0.15, 0.2) is 5.38 Å². The summed E-state index contributed by atoms with van der Waals surface area (Å²) in [5.41, 5.74) is 1.08. The van der Waals surface area contributed by atoms with Crippen molar-refractivity contribution < 1.29 is 14.9 Å². The van der Waals surface area contributed by atoms with E-state index in [1.807, 2.05) is 6.92 Å². The van der Waals surface area contributed by atoms with Crippen LogP contribution in [0.5, 0.6) is 0 Å². The Labute approximate surface area is 135 Å². The molecule has 6 nitrogen and oxygen atoms in total. The molecule has 1 aromatic heterocycles. The van der Waals surface area contributed by atoms with E-state index in [-0.39, 0.29) is 6.04 Å². The summed E-state index contributed by atoms with van der Waals surface area (Å²) in [4.78, 5) is 9.08. The van der Waals surface area contributed by atoms with Crippen LogP contribution in [0.25, 0.3) is 0 Å². The van der Waals surface area contributed by atoms with Gasteiger partial charge in [-0.25, -0.2) is 4.98 Å². The Balaban J connectivity index is 1.69. The van der Waals surface area contributed by atoms with Crippen molar-refractivity contribution in [3.8, 4) is 0 Å². The number of aliphatic hydroxyl groups excluding tert-OH is 2. The number of likely N-dealkylation sites (tertiary alicyclic amines) is 1. The number of rotatable bonds is 3. The molecule has 0 amide bonds. The molecule has 2 saturated heterocycles. The summed E-state index contributed by atoms with van der Waals surface area (Å²) in [6.07, 6.45) is -0.749. The predicted octanol–water partition coefficient (Wildman–Crippen LogP) is 0.0798. The summed E-state index contributed by atoms with van der Waals surface area (Å²) in [6, 6.07) is -0.0406. The van der Waals surface area contributed by atoms with E-state index in [4.69, 9.17) is 4.74 Å². The Morgan fingerprint density at radius 2 is 2.09 bits per heavy atom. The predicted molar refractivity (Wildman–Crippen MR) is 84.9 cm³/mol. The molecular formula is C15H25N3O3S. The molecule has 0 unspecified atom stereocenters. The van der Waals surface area contributed by atoms with Gasteiger partial charge in [0.05, 0.1) is 42.2 Å². The van der Waals surface area contributed by atoms with Crippen molar-refractivity contribution >= 4 is 11.3 Å². The standard InChI is InChI=1S/C15H25N3O3S/c1-11-16-12(10-22-11)8-17-3-2-14(19)15(20)13(9-17)18-4-6-21-7-5-18/h10,13-15,19-20H,2-9H2,1H3/t13-,14-,15+/m1/s1. The molecule has 0 bridgehead atoms. The number of nitrogens with zero attached hydrogens (tertiary/aromatic N) is 3. The van der Waals surface area contributed by atoms with Gasteiger partial charge in [0.1, 0.15) is 0 Å². The second-order valence-corrected chi connectivity index (χ2v) is 7.22. The van der Waals surface area contributed by atoms with E-state index >= 15 is 0 Å². The van der Waals surface area contributed by atoms with E-state index < -0.39 is 12.2 Å². The van der Waals surface area contributed by atoms with Crippen LogP contribution >= 0.6 is 11.3 Å².